The van der Waals surface area contributed by atoms with E-state index in [2.05, 4.69) is 10.3 Å². The minimum absolute atomic E-state index is 0.272. The number of ether oxygens (including phenoxy) is 2. The van der Waals surface area contributed by atoms with Crippen molar-refractivity contribution in [2.45, 2.75) is 51.9 Å². The van der Waals surface area contributed by atoms with Gasteiger partial charge in [-0.1, -0.05) is 24.3 Å². The van der Waals surface area contributed by atoms with Crippen LogP contribution in [-0.4, -0.2) is 36.2 Å². The van der Waals surface area contributed by atoms with Crippen LogP contribution in [0, 0.1) is 6.92 Å². The molecule has 1 atom stereocenters. The van der Waals surface area contributed by atoms with E-state index in [0.29, 0.717) is 37.3 Å². The molecule has 0 fully saturated rings. The SMILES string of the molecule is CC(=O)OC1Cc2ccc(OCCCNc3cc(C)ccn3)cc2Cc2cc(CNC(=O)C(F)(F)F)ccc21. The number of hydrogen-bond acceptors (Lipinski definition) is 6. The lowest BCUT2D eigenvalue weighted by atomic mass is 9.97. The summed E-state index contributed by atoms with van der Waals surface area (Å²) in [6.07, 6.45) is -2.03. The summed E-state index contributed by atoms with van der Waals surface area (Å²) >= 11 is 0. The maximum absolute atomic E-state index is 12.6. The third-order valence-corrected chi connectivity index (χ3v) is 6.35. The molecule has 7 nitrogen and oxygen atoms in total. The van der Waals surface area contributed by atoms with Crippen molar-refractivity contribution in [3.63, 3.8) is 0 Å². The standard InChI is InChI=1S/C29H30F3N3O4/c1-18-8-10-34-27(12-18)33-9-3-11-38-24-6-5-21-16-26(39-19(2)36)25-7-4-20(13-23(25)14-22(21)15-24)17-35-28(37)29(30,31)32/h4-8,10,12-13,15,26H,3,9,11,14,16-17H2,1-2H3,(H,33,34)(H,35,37). The number of anilines is 1. The van der Waals surface area contributed by atoms with E-state index in [1.165, 1.54) is 6.92 Å². The highest BCUT2D eigenvalue weighted by molar-refractivity contribution is 5.81. The number of amides is 1. The van der Waals surface area contributed by atoms with Gasteiger partial charge in [-0.3, -0.25) is 9.59 Å². The van der Waals surface area contributed by atoms with Crippen molar-refractivity contribution in [2.24, 2.45) is 0 Å². The molecule has 0 saturated carbocycles. The molecule has 1 heterocycles. The van der Waals surface area contributed by atoms with E-state index in [0.717, 1.165) is 40.1 Å². The van der Waals surface area contributed by atoms with Gasteiger partial charge in [0, 0.05) is 32.6 Å². The van der Waals surface area contributed by atoms with Gasteiger partial charge in [-0.25, -0.2) is 4.98 Å². The molecule has 10 heteroatoms. The van der Waals surface area contributed by atoms with Crippen LogP contribution >= 0.6 is 0 Å². The zero-order valence-electron chi connectivity index (χ0n) is 21.7. The van der Waals surface area contributed by atoms with Crippen molar-refractivity contribution in [1.29, 1.82) is 0 Å². The summed E-state index contributed by atoms with van der Waals surface area (Å²) < 4.78 is 49.4. The molecule has 2 aromatic carbocycles. The van der Waals surface area contributed by atoms with Crippen molar-refractivity contribution >= 4 is 17.7 Å². The van der Waals surface area contributed by atoms with E-state index in [4.69, 9.17) is 9.47 Å². The minimum Gasteiger partial charge on any atom is -0.494 e. The number of aromatic nitrogens is 1. The summed E-state index contributed by atoms with van der Waals surface area (Å²) in [6.45, 7) is 4.27. The van der Waals surface area contributed by atoms with Crippen molar-refractivity contribution in [3.8, 4) is 5.75 Å². The highest BCUT2D eigenvalue weighted by Gasteiger charge is 2.38. The van der Waals surface area contributed by atoms with Crippen LogP contribution in [0.15, 0.2) is 54.7 Å². The number of hydrogen-bond donors (Lipinski definition) is 2. The first-order chi connectivity index (χ1) is 18.6. The molecule has 0 spiro atoms. The Morgan fingerprint density at radius 1 is 1.05 bits per heavy atom. The predicted molar refractivity (Wildman–Crippen MR) is 139 cm³/mol. The molecule has 206 valence electrons. The Bertz CT molecular complexity index is 1340. The highest BCUT2D eigenvalue weighted by Crippen LogP contribution is 2.35. The molecule has 0 bridgehead atoms. The van der Waals surface area contributed by atoms with Crippen LogP contribution in [-0.2, 0) is 33.7 Å². The van der Waals surface area contributed by atoms with Gasteiger partial charge >= 0.3 is 18.1 Å². The molecule has 3 aromatic rings. The molecular formula is C29H30F3N3O4. The molecule has 1 aromatic heterocycles. The molecule has 1 aliphatic rings. The molecule has 0 radical (unpaired) electrons. The number of halogens is 3. The molecule has 4 rings (SSSR count). The molecule has 1 amide bonds. The van der Waals surface area contributed by atoms with Gasteiger partial charge in [0.15, 0.2) is 0 Å². The second-order valence-electron chi connectivity index (χ2n) is 9.47. The van der Waals surface area contributed by atoms with Crippen LogP contribution in [0.5, 0.6) is 5.75 Å². The fraction of sp³-hybridized carbons (Fsp3) is 0.345. The highest BCUT2D eigenvalue weighted by atomic mass is 19.4. The Hall–Kier alpha value is -4.08. The third-order valence-electron chi connectivity index (χ3n) is 6.35. The smallest absolute Gasteiger partial charge is 0.471 e. The number of rotatable bonds is 9. The van der Waals surface area contributed by atoms with Crippen molar-refractivity contribution in [2.75, 3.05) is 18.5 Å². The summed E-state index contributed by atoms with van der Waals surface area (Å²) in [7, 11) is 0. The summed E-state index contributed by atoms with van der Waals surface area (Å²) in [4.78, 5) is 27.3. The molecule has 39 heavy (non-hydrogen) atoms. The van der Waals surface area contributed by atoms with E-state index >= 15 is 0 Å². The summed E-state index contributed by atoms with van der Waals surface area (Å²) in [6, 6.07) is 14.8. The van der Waals surface area contributed by atoms with Crippen LogP contribution in [0.4, 0.5) is 19.0 Å². The molecule has 1 unspecified atom stereocenters. The van der Waals surface area contributed by atoms with Crippen molar-refractivity contribution < 1.29 is 32.2 Å². The number of fused-ring (bicyclic) bond motifs is 2. The Labute approximate surface area is 224 Å². The number of benzene rings is 2. The summed E-state index contributed by atoms with van der Waals surface area (Å²) in [5.74, 6) is -0.903. The van der Waals surface area contributed by atoms with Gasteiger partial charge in [-0.15, -0.1) is 0 Å². The molecule has 1 aliphatic carbocycles. The maximum Gasteiger partial charge on any atom is 0.471 e. The first-order valence-electron chi connectivity index (χ1n) is 12.6. The zero-order valence-corrected chi connectivity index (χ0v) is 21.7. The zero-order chi connectivity index (χ0) is 28.0. The monoisotopic (exact) mass is 541 g/mol. The lowest BCUT2D eigenvalue weighted by Gasteiger charge is -2.19. The average molecular weight is 542 g/mol. The van der Waals surface area contributed by atoms with Crippen LogP contribution < -0.4 is 15.4 Å². The minimum atomic E-state index is -4.95. The topological polar surface area (TPSA) is 89.6 Å². The normalized spacial score (nSPS) is 14.4. The van der Waals surface area contributed by atoms with Gasteiger partial charge in [0.05, 0.1) is 6.61 Å². The Morgan fingerprint density at radius 3 is 2.62 bits per heavy atom. The van der Waals surface area contributed by atoms with Gasteiger partial charge < -0.3 is 20.1 Å². The predicted octanol–water partition coefficient (Wildman–Crippen LogP) is 5.20. The molecule has 0 saturated heterocycles. The summed E-state index contributed by atoms with van der Waals surface area (Å²) in [5.41, 5.74) is 5.20. The Morgan fingerprint density at radius 2 is 1.87 bits per heavy atom. The van der Waals surface area contributed by atoms with E-state index in [-0.39, 0.29) is 6.54 Å². The lowest BCUT2D eigenvalue weighted by Crippen LogP contribution is -2.36. The van der Waals surface area contributed by atoms with Crippen LogP contribution in [0.3, 0.4) is 0 Å². The first kappa shape index (κ1) is 27.9. The number of pyridine rings is 1. The van der Waals surface area contributed by atoms with E-state index in [1.54, 1.807) is 24.4 Å². The van der Waals surface area contributed by atoms with E-state index in [9.17, 15) is 22.8 Å². The fourth-order valence-electron chi connectivity index (χ4n) is 4.51. The number of nitrogens with one attached hydrogen (secondary N) is 2. The average Bonchev–Trinajstić information content (AvgIpc) is 3.01. The fourth-order valence-corrected chi connectivity index (χ4v) is 4.51. The number of alkyl halides is 3. The number of aryl methyl sites for hydroxylation is 1. The maximum atomic E-state index is 12.6. The van der Waals surface area contributed by atoms with Crippen LogP contribution in [0.25, 0.3) is 0 Å². The number of esters is 1. The van der Waals surface area contributed by atoms with Crippen LogP contribution in [0.2, 0.25) is 0 Å². The van der Waals surface area contributed by atoms with Gasteiger partial charge in [-0.05, 0) is 77.4 Å². The largest absolute Gasteiger partial charge is 0.494 e. The molecular weight excluding hydrogens is 511 g/mol. The van der Waals surface area contributed by atoms with Crippen LogP contribution in [0.1, 0.15) is 52.8 Å². The number of carbonyl (C=O) groups excluding carboxylic acids is 2. The second kappa shape index (κ2) is 12.2. The second-order valence-corrected chi connectivity index (χ2v) is 9.47. The third kappa shape index (κ3) is 7.72. The Kier molecular flexibility index (Phi) is 8.73. The van der Waals surface area contributed by atoms with Gasteiger partial charge in [-0.2, -0.15) is 13.2 Å². The first-order valence-corrected chi connectivity index (χ1v) is 12.6. The van der Waals surface area contributed by atoms with Crippen molar-refractivity contribution in [3.05, 3.63) is 88.1 Å². The lowest BCUT2D eigenvalue weighted by molar-refractivity contribution is -0.173. The van der Waals surface area contributed by atoms with Gasteiger partial charge in [0.2, 0.25) is 0 Å². The van der Waals surface area contributed by atoms with Gasteiger partial charge in [0.1, 0.15) is 17.7 Å². The van der Waals surface area contributed by atoms with Crippen molar-refractivity contribution in [1.82, 2.24) is 10.3 Å². The Balaban J connectivity index is 1.45. The molecule has 0 aliphatic heterocycles. The number of carbonyl (C=O) groups is 2. The number of nitrogens with zero attached hydrogens (tertiary/aromatic N) is 1. The van der Waals surface area contributed by atoms with E-state index < -0.39 is 24.2 Å². The van der Waals surface area contributed by atoms with Gasteiger partial charge in [0.25, 0.3) is 0 Å². The quantitative estimate of drug-likeness (QED) is 0.286. The molecule has 2 N–H and O–H groups in total. The van der Waals surface area contributed by atoms with E-state index in [1.807, 2.05) is 42.6 Å². The summed E-state index contributed by atoms with van der Waals surface area (Å²) in [5, 5.41) is 5.17.